The van der Waals surface area contributed by atoms with Gasteiger partial charge in [0.1, 0.15) is 6.54 Å². The van der Waals surface area contributed by atoms with Gasteiger partial charge in [-0.05, 0) is 18.2 Å². The van der Waals surface area contributed by atoms with Gasteiger partial charge in [0, 0.05) is 19.2 Å². The van der Waals surface area contributed by atoms with Gasteiger partial charge in [-0.2, -0.15) is 0 Å². The van der Waals surface area contributed by atoms with Crippen molar-refractivity contribution >= 4 is 34.3 Å². The van der Waals surface area contributed by atoms with Crippen molar-refractivity contribution in [2.75, 3.05) is 31.6 Å². The van der Waals surface area contributed by atoms with Crippen molar-refractivity contribution in [2.24, 2.45) is 0 Å². The molecule has 1 fully saturated rings. The second kappa shape index (κ2) is 8.40. The zero-order valence-corrected chi connectivity index (χ0v) is 16.3. The van der Waals surface area contributed by atoms with E-state index in [1.54, 1.807) is 29.2 Å². The minimum atomic E-state index is -0.816. The number of benzene rings is 2. The van der Waals surface area contributed by atoms with Crippen molar-refractivity contribution < 1.29 is 23.7 Å². The van der Waals surface area contributed by atoms with Crippen LogP contribution in [0.15, 0.2) is 51.7 Å². The molecule has 11 heteroatoms. The predicted octanol–water partition coefficient (Wildman–Crippen LogP) is 1.61. The summed E-state index contributed by atoms with van der Waals surface area (Å²) in [5, 5.41) is 13.6. The van der Waals surface area contributed by atoms with E-state index >= 15 is 0 Å². The third-order valence-corrected chi connectivity index (χ3v) is 4.89. The van der Waals surface area contributed by atoms with Gasteiger partial charge >= 0.3 is 5.76 Å². The number of fused-ring (bicyclic) bond motifs is 1. The van der Waals surface area contributed by atoms with E-state index < -0.39 is 16.6 Å². The Bertz CT molecular complexity index is 1220. The standard InChI is InChI=1S/C20H18N4O7/c25-18(12-23-16-6-5-13(24(28)29)11-17(16)31-20(23)27)21-15-4-2-1-3-14(15)19(26)22-7-9-30-10-8-22/h1-6,11H,7-10,12H2,(H,21,25). The van der Waals surface area contributed by atoms with Crippen LogP contribution >= 0.6 is 0 Å². The third-order valence-electron chi connectivity index (χ3n) is 4.89. The highest BCUT2D eigenvalue weighted by Gasteiger charge is 2.22. The average Bonchev–Trinajstić information content (AvgIpc) is 3.08. The number of ether oxygens (including phenoxy) is 1. The minimum Gasteiger partial charge on any atom is -0.407 e. The van der Waals surface area contributed by atoms with Crippen molar-refractivity contribution in [2.45, 2.75) is 6.54 Å². The maximum atomic E-state index is 12.8. The second-order valence-electron chi connectivity index (χ2n) is 6.86. The average molecular weight is 426 g/mol. The first-order valence-corrected chi connectivity index (χ1v) is 9.48. The molecule has 2 amide bonds. The zero-order valence-electron chi connectivity index (χ0n) is 16.3. The van der Waals surface area contributed by atoms with Gasteiger partial charge in [0.25, 0.3) is 11.6 Å². The van der Waals surface area contributed by atoms with Crippen molar-refractivity contribution in [1.29, 1.82) is 0 Å². The Morgan fingerprint density at radius 3 is 2.61 bits per heavy atom. The van der Waals surface area contributed by atoms with Crippen LogP contribution in [-0.2, 0) is 16.1 Å². The number of para-hydroxylation sites is 1. The zero-order chi connectivity index (χ0) is 22.0. The van der Waals surface area contributed by atoms with Crippen LogP contribution in [-0.4, -0.2) is 52.5 Å². The third kappa shape index (κ3) is 4.16. The largest absolute Gasteiger partial charge is 0.420 e. The second-order valence-corrected chi connectivity index (χ2v) is 6.86. The Morgan fingerprint density at radius 2 is 1.87 bits per heavy atom. The molecule has 0 spiro atoms. The summed E-state index contributed by atoms with van der Waals surface area (Å²) >= 11 is 0. The molecule has 1 N–H and O–H groups in total. The van der Waals surface area contributed by atoms with E-state index in [0.717, 1.165) is 10.6 Å². The number of carbonyl (C=O) groups is 2. The lowest BCUT2D eigenvalue weighted by molar-refractivity contribution is -0.384. The fourth-order valence-corrected chi connectivity index (χ4v) is 3.37. The molecule has 0 atom stereocenters. The summed E-state index contributed by atoms with van der Waals surface area (Å²) in [5.74, 6) is -1.59. The van der Waals surface area contributed by atoms with Crippen molar-refractivity contribution in [1.82, 2.24) is 9.47 Å². The number of oxazole rings is 1. The lowest BCUT2D eigenvalue weighted by Crippen LogP contribution is -2.41. The Balaban J connectivity index is 1.55. The molecular formula is C20H18N4O7. The van der Waals surface area contributed by atoms with Crippen molar-refractivity contribution in [3.05, 3.63) is 68.7 Å². The number of aromatic nitrogens is 1. The molecule has 1 aliphatic heterocycles. The molecule has 0 unspecified atom stereocenters. The van der Waals surface area contributed by atoms with Gasteiger partial charge in [0.15, 0.2) is 5.58 Å². The number of hydrogen-bond acceptors (Lipinski definition) is 7. The Labute approximate surface area is 175 Å². The number of nitrogens with zero attached hydrogens (tertiary/aromatic N) is 3. The molecular weight excluding hydrogens is 408 g/mol. The summed E-state index contributed by atoms with van der Waals surface area (Å²) in [6, 6.07) is 10.3. The Kier molecular flexibility index (Phi) is 5.50. The van der Waals surface area contributed by atoms with E-state index in [0.29, 0.717) is 37.6 Å². The molecule has 4 rings (SSSR count). The van der Waals surface area contributed by atoms with Gasteiger partial charge in [-0.15, -0.1) is 0 Å². The molecule has 2 heterocycles. The summed E-state index contributed by atoms with van der Waals surface area (Å²) in [7, 11) is 0. The van der Waals surface area contributed by atoms with E-state index in [4.69, 9.17) is 9.15 Å². The number of morpholine rings is 1. The smallest absolute Gasteiger partial charge is 0.407 e. The number of non-ortho nitro benzene ring substituents is 1. The first-order valence-electron chi connectivity index (χ1n) is 9.48. The fourth-order valence-electron chi connectivity index (χ4n) is 3.37. The first kappa shape index (κ1) is 20.3. The monoisotopic (exact) mass is 426 g/mol. The van der Waals surface area contributed by atoms with E-state index in [-0.39, 0.29) is 29.2 Å². The van der Waals surface area contributed by atoms with Crippen LogP contribution < -0.4 is 11.1 Å². The molecule has 1 aromatic heterocycles. The molecule has 1 saturated heterocycles. The molecule has 160 valence electrons. The Morgan fingerprint density at radius 1 is 1.13 bits per heavy atom. The van der Waals surface area contributed by atoms with Crippen LogP contribution in [0.5, 0.6) is 0 Å². The minimum absolute atomic E-state index is 0.00916. The molecule has 0 saturated carbocycles. The molecule has 11 nitrogen and oxygen atoms in total. The number of rotatable bonds is 5. The summed E-state index contributed by atoms with van der Waals surface area (Å²) in [6.45, 7) is 1.45. The van der Waals surface area contributed by atoms with Gasteiger partial charge in [-0.25, -0.2) is 4.79 Å². The summed E-state index contributed by atoms with van der Waals surface area (Å²) in [4.78, 5) is 49.6. The lowest BCUT2D eigenvalue weighted by atomic mass is 10.1. The van der Waals surface area contributed by atoms with Crippen LogP contribution in [0.1, 0.15) is 10.4 Å². The van der Waals surface area contributed by atoms with E-state index in [1.165, 1.54) is 12.1 Å². The van der Waals surface area contributed by atoms with Gasteiger partial charge in [0.05, 0.1) is 41.0 Å². The number of nitro groups is 1. The number of amides is 2. The van der Waals surface area contributed by atoms with Gasteiger partial charge in [0.2, 0.25) is 5.91 Å². The highest BCUT2D eigenvalue weighted by Crippen LogP contribution is 2.21. The van der Waals surface area contributed by atoms with E-state index in [2.05, 4.69) is 5.32 Å². The maximum absolute atomic E-state index is 12.8. The first-order chi connectivity index (χ1) is 14.9. The maximum Gasteiger partial charge on any atom is 0.420 e. The highest BCUT2D eigenvalue weighted by atomic mass is 16.6. The number of nitrogens with one attached hydrogen (secondary N) is 1. The lowest BCUT2D eigenvalue weighted by Gasteiger charge is -2.27. The summed E-state index contributed by atoms with van der Waals surface area (Å²) in [5.41, 5.74) is 0.685. The van der Waals surface area contributed by atoms with Gasteiger partial charge in [-0.3, -0.25) is 24.3 Å². The number of hydrogen-bond donors (Lipinski definition) is 1. The SMILES string of the molecule is O=C(Cn1c(=O)oc2cc([N+](=O)[O-])ccc21)Nc1ccccc1C(=O)N1CCOCC1. The molecule has 1 aliphatic rings. The Hall–Kier alpha value is -3.99. The fraction of sp³-hybridized carbons (Fsp3) is 0.250. The van der Waals surface area contributed by atoms with E-state index in [9.17, 15) is 24.5 Å². The summed E-state index contributed by atoms with van der Waals surface area (Å²) < 4.78 is 11.4. The normalized spacial score (nSPS) is 13.9. The topological polar surface area (TPSA) is 137 Å². The molecule has 0 aliphatic carbocycles. The van der Waals surface area contributed by atoms with Gasteiger partial charge < -0.3 is 19.4 Å². The van der Waals surface area contributed by atoms with E-state index in [1.807, 2.05) is 0 Å². The predicted molar refractivity (Wildman–Crippen MR) is 109 cm³/mol. The molecule has 0 radical (unpaired) electrons. The summed E-state index contributed by atoms with van der Waals surface area (Å²) in [6.07, 6.45) is 0. The number of anilines is 1. The van der Waals surface area contributed by atoms with Gasteiger partial charge in [-0.1, -0.05) is 12.1 Å². The molecule has 0 bridgehead atoms. The number of carbonyl (C=O) groups excluding carboxylic acids is 2. The van der Waals surface area contributed by atoms with Crippen LogP contribution in [0.25, 0.3) is 11.1 Å². The number of nitro benzene ring substituents is 1. The van der Waals surface area contributed by atoms with Crippen molar-refractivity contribution in [3.63, 3.8) is 0 Å². The van der Waals surface area contributed by atoms with Crippen LogP contribution in [0.4, 0.5) is 11.4 Å². The molecule has 31 heavy (non-hydrogen) atoms. The van der Waals surface area contributed by atoms with Crippen molar-refractivity contribution in [3.8, 4) is 0 Å². The highest BCUT2D eigenvalue weighted by molar-refractivity contribution is 6.03. The molecule has 2 aromatic carbocycles. The quantitative estimate of drug-likeness (QED) is 0.483. The van der Waals surface area contributed by atoms with Crippen LogP contribution in [0, 0.1) is 10.1 Å². The van der Waals surface area contributed by atoms with Crippen LogP contribution in [0.2, 0.25) is 0 Å². The molecule has 3 aromatic rings. The van der Waals surface area contributed by atoms with Crippen LogP contribution in [0.3, 0.4) is 0 Å².